The molecule has 0 aliphatic rings. The largest absolute Gasteiger partial charge is 0.331 e. The van der Waals surface area contributed by atoms with Gasteiger partial charge < -0.3 is 5.32 Å². The first kappa shape index (κ1) is 15.7. The second-order valence-electron chi connectivity index (χ2n) is 4.32. The second kappa shape index (κ2) is 7.90. The third-order valence-electron chi connectivity index (χ3n) is 2.63. The average Bonchev–Trinajstić information content (AvgIpc) is 2.54. The average molecular weight is 315 g/mol. The van der Waals surface area contributed by atoms with Gasteiger partial charge in [-0.2, -0.15) is 0 Å². The summed E-state index contributed by atoms with van der Waals surface area (Å²) in [6, 6.07) is 15.2. The molecule has 6 heteroatoms. The molecule has 0 saturated heterocycles. The van der Waals surface area contributed by atoms with Crippen LogP contribution in [0.1, 0.15) is 5.56 Å². The quantitative estimate of drug-likeness (QED) is 0.463. The Hall–Kier alpha value is -2.73. The summed E-state index contributed by atoms with van der Waals surface area (Å²) in [5, 5.41) is 3.02. The first-order valence-electron chi connectivity index (χ1n) is 6.49. The summed E-state index contributed by atoms with van der Waals surface area (Å²) in [6.45, 7) is 0. The molecule has 2 aromatic rings. The predicted octanol–water partition coefficient (Wildman–Crippen LogP) is 2.86. The minimum atomic E-state index is -0.341. The molecule has 112 valence electrons. The Kier molecular flexibility index (Phi) is 5.62. The van der Waals surface area contributed by atoms with Gasteiger partial charge in [0.05, 0.1) is 0 Å². The number of rotatable bonds is 3. The van der Waals surface area contributed by atoms with E-state index in [0.29, 0.717) is 5.69 Å². The lowest BCUT2D eigenvalue weighted by Gasteiger charge is -2.10. The van der Waals surface area contributed by atoms with E-state index in [0.717, 1.165) is 5.56 Å². The summed E-state index contributed by atoms with van der Waals surface area (Å²) < 4.78 is 12.8. The van der Waals surface area contributed by atoms with Gasteiger partial charge in [0, 0.05) is 11.8 Å². The monoisotopic (exact) mass is 315 g/mol. The Morgan fingerprint density at radius 2 is 1.68 bits per heavy atom. The molecule has 0 aromatic heterocycles. The summed E-state index contributed by atoms with van der Waals surface area (Å²) in [5.74, 6) is -0.670. The molecule has 0 heterocycles. The van der Waals surface area contributed by atoms with Crippen LogP contribution in [0.2, 0.25) is 0 Å². The van der Waals surface area contributed by atoms with Gasteiger partial charge in [-0.15, -0.1) is 0 Å². The lowest BCUT2D eigenvalue weighted by Crippen LogP contribution is -2.43. The van der Waals surface area contributed by atoms with Crippen LogP contribution < -0.4 is 16.2 Å². The SMILES string of the molecule is O=C(/C=C/c1ccccc1)NNC(=S)Nc1ccc(F)cc1. The van der Waals surface area contributed by atoms with E-state index >= 15 is 0 Å². The zero-order valence-corrected chi connectivity index (χ0v) is 12.4. The standard InChI is InChI=1S/C16H14FN3OS/c17-13-7-9-14(10-8-13)18-16(22)20-19-15(21)11-6-12-4-2-1-3-5-12/h1-11H,(H,19,21)(H2,18,20,22)/b11-6+. The molecule has 1 amide bonds. The van der Waals surface area contributed by atoms with Gasteiger partial charge in [0.15, 0.2) is 5.11 Å². The topological polar surface area (TPSA) is 53.2 Å². The molecule has 0 aliphatic heterocycles. The minimum absolute atomic E-state index is 0.202. The predicted molar refractivity (Wildman–Crippen MR) is 89.4 cm³/mol. The third kappa shape index (κ3) is 5.34. The minimum Gasteiger partial charge on any atom is -0.331 e. The molecule has 0 fully saturated rings. The van der Waals surface area contributed by atoms with E-state index in [1.54, 1.807) is 18.2 Å². The molecule has 3 N–H and O–H groups in total. The maximum atomic E-state index is 12.8. The van der Waals surface area contributed by atoms with E-state index in [4.69, 9.17) is 12.2 Å². The van der Waals surface area contributed by atoms with Gasteiger partial charge in [-0.05, 0) is 48.1 Å². The van der Waals surface area contributed by atoms with Crippen molar-refractivity contribution in [1.82, 2.24) is 10.9 Å². The summed E-state index contributed by atoms with van der Waals surface area (Å²) in [5.41, 5.74) is 6.53. The van der Waals surface area contributed by atoms with Crippen molar-refractivity contribution in [2.45, 2.75) is 0 Å². The number of amides is 1. The number of carbonyl (C=O) groups excluding carboxylic acids is 1. The van der Waals surface area contributed by atoms with Gasteiger partial charge >= 0.3 is 0 Å². The van der Waals surface area contributed by atoms with Gasteiger partial charge in [0.2, 0.25) is 0 Å². The van der Waals surface area contributed by atoms with Crippen LogP contribution in [0.15, 0.2) is 60.7 Å². The Morgan fingerprint density at radius 3 is 2.36 bits per heavy atom. The first-order chi connectivity index (χ1) is 10.6. The maximum Gasteiger partial charge on any atom is 0.262 e. The van der Waals surface area contributed by atoms with Crippen LogP contribution in [0.3, 0.4) is 0 Å². The molecule has 0 aliphatic carbocycles. The summed E-state index contributed by atoms with van der Waals surface area (Å²) in [7, 11) is 0. The molecule has 22 heavy (non-hydrogen) atoms. The van der Waals surface area contributed by atoms with Crippen LogP contribution in [0.4, 0.5) is 10.1 Å². The highest BCUT2D eigenvalue weighted by atomic mass is 32.1. The second-order valence-corrected chi connectivity index (χ2v) is 4.73. The Labute approximate surface area is 133 Å². The zero-order chi connectivity index (χ0) is 15.8. The van der Waals surface area contributed by atoms with E-state index in [2.05, 4.69) is 16.2 Å². The highest BCUT2D eigenvalue weighted by Crippen LogP contribution is 2.07. The molecule has 0 saturated carbocycles. The van der Waals surface area contributed by atoms with Crippen molar-refractivity contribution >= 4 is 35.0 Å². The van der Waals surface area contributed by atoms with E-state index in [1.165, 1.54) is 18.2 Å². The smallest absolute Gasteiger partial charge is 0.262 e. The molecule has 0 unspecified atom stereocenters. The number of hydrogen-bond donors (Lipinski definition) is 3. The van der Waals surface area contributed by atoms with Crippen molar-refractivity contribution in [2.24, 2.45) is 0 Å². The summed E-state index contributed by atoms with van der Waals surface area (Å²) in [6.07, 6.45) is 3.08. The third-order valence-corrected chi connectivity index (χ3v) is 2.83. The molecule has 2 aromatic carbocycles. The van der Waals surface area contributed by atoms with Gasteiger partial charge in [-0.1, -0.05) is 30.3 Å². The molecule has 0 atom stereocenters. The van der Waals surface area contributed by atoms with Crippen molar-refractivity contribution in [1.29, 1.82) is 0 Å². The van der Waals surface area contributed by atoms with Crippen molar-refractivity contribution in [2.75, 3.05) is 5.32 Å². The van der Waals surface area contributed by atoms with Crippen LogP contribution in [0, 0.1) is 5.82 Å². The molecular formula is C16H14FN3OS. The number of anilines is 1. The van der Waals surface area contributed by atoms with Crippen LogP contribution in [-0.2, 0) is 4.79 Å². The van der Waals surface area contributed by atoms with Crippen molar-refractivity contribution < 1.29 is 9.18 Å². The maximum absolute atomic E-state index is 12.8. The Bertz CT molecular complexity index is 672. The van der Waals surface area contributed by atoms with E-state index in [1.807, 2.05) is 30.3 Å². The molecule has 0 bridgehead atoms. The number of thiocarbonyl (C=S) groups is 1. The normalized spacial score (nSPS) is 10.2. The number of benzene rings is 2. The number of hydrogen-bond acceptors (Lipinski definition) is 2. The van der Waals surface area contributed by atoms with E-state index in [-0.39, 0.29) is 16.8 Å². The van der Waals surface area contributed by atoms with E-state index < -0.39 is 0 Å². The van der Waals surface area contributed by atoms with Crippen LogP contribution in [0.25, 0.3) is 6.08 Å². The first-order valence-corrected chi connectivity index (χ1v) is 6.90. The fourth-order valence-electron chi connectivity index (χ4n) is 1.59. The van der Waals surface area contributed by atoms with Crippen molar-refractivity contribution in [3.05, 3.63) is 72.1 Å². The van der Waals surface area contributed by atoms with Gasteiger partial charge in [-0.25, -0.2) is 4.39 Å². The fraction of sp³-hybridized carbons (Fsp3) is 0. The number of halogens is 1. The van der Waals surface area contributed by atoms with Gasteiger partial charge in [0.25, 0.3) is 5.91 Å². The number of carbonyl (C=O) groups is 1. The fourth-order valence-corrected chi connectivity index (χ4v) is 1.76. The molecule has 0 spiro atoms. The molecule has 2 rings (SSSR count). The van der Waals surface area contributed by atoms with Crippen LogP contribution in [0.5, 0.6) is 0 Å². The zero-order valence-electron chi connectivity index (χ0n) is 11.5. The lowest BCUT2D eigenvalue weighted by molar-refractivity contribution is -0.116. The van der Waals surface area contributed by atoms with Crippen LogP contribution >= 0.6 is 12.2 Å². The van der Waals surface area contributed by atoms with Gasteiger partial charge in [-0.3, -0.25) is 15.6 Å². The highest BCUT2D eigenvalue weighted by molar-refractivity contribution is 7.80. The molecule has 0 radical (unpaired) electrons. The number of nitrogens with one attached hydrogen (secondary N) is 3. The van der Waals surface area contributed by atoms with E-state index in [9.17, 15) is 9.18 Å². The molecule has 4 nitrogen and oxygen atoms in total. The van der Waals surface area contributed by atoms with Gasteiger partial charge in [0.1, 0.15) is 5.82 Å². The molecular weight excluding hydrogens is 301 g/mol. The Morgan fingerprint density at radius 1 is 1.00 bits per heavy atom. The summed E-state index contributed by atoms with van der Waals surface area (Å²) >= 11 is 5.01. The Balaban J connectivity index is 1.77. The highest BCUT2D eigenvalue weighted by Gasteiger charge is 1.99. The number of hydrazine groups is 1. The van der Waals surface area contributed by atoms with Crippen molar-refractivity contribution in [3.63, 3.8) is 0 Å². The lowest BCUT2D eigenvalue weighted by atomic mass is 10.2. The van der Waals surface area contributed by atoms with Crippen molar-refractivity contribution in [3.8, 4) is 0 Å². The summed E-state index contributed by atoms with van der Waals surface area (Å²) in [4.78, 5) is 11.6. The van der Waals surface area contributed by atoms with Crippen LogP contribution in [-0.4, -0.2) is 11.0 Å².